The van der Waals surface area contributed by atoms with Crippen molar-refractivity contribution in [3.63, 3.8) is 0 Å². The summed E-state index contributed by atoms with van der Waals surface area (Å²) < 4.78 is 1.82. The van der Waals surface area contributed by atoms with Gasteiger partial charge in [-0.25, -0.2) is 4.98 Å². The summed E-state index contributed by atoms with van der Waals surface area (Å²) in [5.74, 6) is 0.393. The smallest absolute Gasteiger partial charge is 0.205 e. The molecule has 0 aliphatic carbocycles. The summed E-state index contributed by atoms with van der Waals surface area (Å²) in [6.45, 7) is 2.02. The Morgan fingerprint density at radius 2 is 1.89 bits per heavy atom. The Hall–Kier alpha value is -1.71. The molecule has 1 heterocycles. The molecular weight excluding hydrogens is 281 g/mol. The molecule has 3 rings (SSSR count). The molecule has 3 nitrogen and oxygen atoms in total. The van der Waals surface area contributed by atoms with E-state index >= 15 is 0 Å². The number of nitrogen functional groups attached to an aromatic ring is 1. The lowest BCUT2D eigenvalue weighted by Gasteiger charge is -2.09. The number of nitrogens with two attached hydrogens (primary N) is 1. The molecule has 19 heavy (non-hydrogen) atoms. The van der Waals surface area contributed by atoms with Gasteiger partial charge in [0.1, 0.15) is 0 Å². The van der Waals surface area contributed by atoms with Crippen LogP contribution in [0, 0.1) is 6.92 Å². The van der Waals surface area contributed by atoms with Crippen molar-refractivity contribution in [3.8, 4) is 5.69 Å². The first-order valence-electron chi connectivity index (χ1n) is 5.76. The third-order valence-electron chi connectivity index (χ3n) is 2.99. The topological polar surface area (TPSA) is 43.8 Å². The molecule has 0 unspecified atom stereocenters. The highest BCUT2D eigenvalue weighted by Crippen LogP contribution is 2.30. The maximum Gasteiger partial charge on any atom is 0.205 e. The molecule has 0 radical (unpaired) electrons. The SMILES string of the molecule is Cc1ccc2nc(N)n(-c3cc(Cl)ccc3Cl)c2c1. The van der Waals surface area contributed by atoms with E-state index in [2.05, 4.69) is 4.98 Å². The van der Waals surface area contributed by atoms with Crippen LogP contribution in [0.1, 0.15) is 5.56 Å². The Morgan fingerprint density at radius 1 is 1.11 bits per heavy atom. The Labute approximate surface area is 120 Å². The minimum Gasteiger partial charge on any atom is -0.369 e. The first kappa shape index (κ1) is 12.3. The monoisotopic (exact) mass is 291 g/mol. The number of rotatable bonds is 1. The van der Waals surface area contributed by atoms with Crippen LogP contribution in [0.3, 0.4) is 0 Å². The van der Waals surface area contributed by atoms with Gasteiger partial charge >= 0.3 is 0 Å². The normalized spacial score (nSPS) is 11.1. The van der Waals surface area contributed by atoms with Crippen molar-refractivity contribution < 1.29 is 0 Å². The van der Waals surface area contributed by atoms with Gasteiger partial charge < -0.3 is 5.73 Å². The van der Waals surface area contributed by atoms with Crippen LogP contribution in [0.4, 0.5) is 5.95 Å². The molecule has 96 valence electrons. The Kier molecular flexibility index (Phi) is 2.88. The van der Waals surface area contributed by atoms with Crippen LogP contribution in [-0.4, -0.2) is 9.55 Å². The second kappa shape index (κ2) is 4.44. The van der Waals surface area contributed by atoms with E-state index < -0.39 is 0 Å². The van der Waals surface area contributed by atoms with Crippen molar-refractivity contribution in [3.05, 3.63) is 52.0 Å². The van der Waals surface area contributed by atoms with E-state index in [1.807, 2.05) is 29.7 Å². The summed E-state index contributed by atoms with van der Waals surface area (Å²) in [4.78, 5) is 4.34. The largest absolute Gasteiger partial charge is 0.369 e. The Bertz CT molecular complexity index is 778. The van der Waals surface area contributed by atoms with Crippen molar-refractivity contribution >= 4 is 40.2 Å². The van der Waals surface area contributed by atoms with Gasteiger partial charge in [-0.3, -0.25) is 4.57 Å². The van der Waals surface area contributed by atoms with E-state index in [1.54, 1.807) is 18.2 Å². The van der Waals surface area contributed by atoms with E-state index in [0.29, 0.717) is 16.0 Å². The standard InChI is InChI=1S/C14H11Cl2N3/c1-8-2-5-11-13(6-8)19(14(17)18-11)12-7-9(15)3-4-10(12)16/h2-7H,1H3,(H2,17,18). The molecule has 0 spiro atoms. The number of fused-ring (bicyclic) bond motifs is 1. The quantitative estimate of drug-likeness (QED) is 0.729. The zero-order chi connectivity index (χ0) is 13.6. The lowest BCUT2D eigenvalue weighted by Crippen LogP contribution is -2.01. The minimum absolute atomic E-state index is 0.393. The second-order valence-electron chi connectivity index (χ2n) is 4.39. The van der Waals surface area contributed by atoms with Crippen molar-refractivity contribution in [2.75, 3.05) is 5.73 Å². The molecule has 0 aliphatic rings. The third kappa shape index (κ3) is 2.05. The first-order chi connectivity index (χ1) is 9.06. The Balaban J connectivity index is 2.38. The third-order valence-corrected chi connectivity index (χ3v) is 3.54. The molecule has 0 aliphatic heterocycles. The second-order valence-corrected chi connectivity index (χ2v) is 5.24. The summed E-state index contributed by atoms with van der Waals surface area (Å²) in [6, 6.07) is 11.2. The van der Waals surface area contributed by atoms with Crippen molar-refractivity contribution in [2.24, 2.45) is 0 Å². The fourth-order valence-corrected chi connectivity index (χ4v) is 2.48. The molecule has 2 aromatic carbocycles. The highest BCUT2D eigenvalue weighted by Gasteiger charge is 2.13. The molecule has 0 bridgehead atoms. The van der Waals surface area contributed by atoms with Crippen LogP contribution in [0.25, 0.3) is 16.7 Å². The maximum absolute atomic E-state index is 6.24. The highest BCUT2D eigenvalue weighted by atomic mass is 35.5. The average molecular weight is 292 g/mol. The first-order valence-corrected chi connectivity index (χ1v) is 6.52. The zero-order valence-electron chi connectivity index (χ0n) is 10.2. The van der Waals surface area contributed by atoms with Gasteiger partial charge in [0.25, 0.3) is 0 Å². The van der Waals surface area contributed by atoms with Crippen LogP contribution in [0.5, 0.6) is 0 Å². The lowest BCUT2D eigenvalue weighted by atomic mass is 10.2. The molecule has 0 atom stereocenters. The zero-order valence-corrected chi connectivity index (χ0v) is 11.7. The van der Waals surface area contributed by atoms with Crippen LogP contribution in [0.2, 0.25) is 10.0 Å². The van der Waals surface area contributed by atoms with E-state index in [1.165, 1.54) is 0 Å². The molecule has 0 amide bonds. The van der Waals surface area contributed by atoms with Gasteiger partial charge in [0.05, 0.1) is 21.7 Å². The predicted molar refractivity (Wildman–Crippen MR) is 80.2 cm³/mol. The van der Waals surface area contributed by atoms with Gasteiger partial charge in [0.2, 0.25) is 5.95 Å². The fourth-order valence-electron chi connectivity index (χ4n) is 2.11. The number of nitrogens with zero attached hydrogens (tertiary/aromatic N) is 2. The van der Waals surface area contributed by atoms with Crippen molar-refractivity contribution in [2.45, 2.75) is 6.92 Å². The van der Waals surface area contributed by atoms with Crippen molar-refractivity contribution in [1.29, 1.82) is 0 Å². The van der Waals surface area contributed by atoms with Gasteiger partial charge in [0, 0.05) is 5.02 Å². The van der Waals surface area contributed by atoms with Crippen molar-refractivity contribution in [1.82, 2.24) is 9.55 Å². The molecule has 5 heteroatoms. The molecule has 3 aromatic rings. The fraction of sp³-hybridized carbons (Fsp3) is 0.0714. The summed E-state index contributed by atoms with van der Waals surface area (Å²) in [6.07, 6.45) is 0. The number of aryl methyl sites for hydroxylation is 1. The van der Waals surface area contributed by atoms with E-state index in [4.69, 9.17) is 28.9 Å². The lowest BCUT2D eigenvalue weighted by molar-refractivity contribution is 1.11. The van der Waals surface area contributed by atoms with Gasteiger partial charge in [-0.2, -0.15) is 0 Å². The van der Waals surface area contributed by atoms with Crippen LogP contribution in [0.15, 0.2) is 36.4 Å². The molecule has 2 N–H and O–H groups in total. The summed E-state index contributed by atoms with van der Waals surface area (Å²) in [5.41, 5.74) is 9.62. The number of hydrogen-bond acceptors (Lipinski definition) is 2. The summed E-state index contributed by atoms with van der Waals surface area (Å²) >= 11 is 12.3. The van der Waals surface area contributed by atoms with Crippen LogP contribution < -0.4 is 5.73 Å². The van der Waals surface area contributed by atoms with E-state index in [-0.39, 0.29) is 0 Å². The average Bonchev–Trinajstić information content (AvgIpc) is 2.68. The van der Waals surface area contributed by atoms with Crippen LogP contribution >= 0.6 is 23.2 Å². The number of imidazole rings is 1. The molecule has 0 saturated heterocycles. The highest BCUT2D eigenvalue weighted by molar-refractivity contribution is 6.34. The summed E-state index contributed by atoms with van der Waals surface area (Å²) in [5, 5.41) is 1.19. The van der Waals surface area contributed by atoms with Gasteiger partial charge in [-0.15, -0.1) is 0 Å². The molecule has 1 aromatic heterocycles. The minimum atomic E-state index is 0.393. The Morgan fingerprint density at radius 3 is 2.68 bits per heavy atom. The van der Waals surface area contributed by atoms with Crippen LogP contribution in [-0.2, 0) is 0 Å². The molecule has 0 saturated carbocycles. The van der Waals surface area contributed by atoms with Gasteiger partial charge in [-0.05, 0) is 42.8 Å². The molecular formula is C14H11Cl2N3. The number of aromatic nitrogens is 2. The number of halogens is 2. The number of hydrogen-bond donors (Lipinski definition) is 1. The molecule has 0 fully saturated rings. The number of anilines is 1. The summed E-state index contributed by atoms with van der Waals surface area (Å²) in [7, 11) is 0. The van der Waals surface area contributed by atoms with E-state index in [9.17, 15) is 0 Å². The maximum atomic E-state index is 6.24. The van der Waals surface area contributed by atoms with Gasteiger partial charge in [0.15, 0.2) is 0 Å². The van der Waals surface area contributed by atoms with Gasteiger partial charge in [-0.1, -0.05) is 29.3 Å². The van der Waals surface area contributed by atoms with E-state index in [0.717, 1.165) is 22.3 Å². The number of benzene rings is 2. The predicted octanol–water partition coefficient (Wildman–Crippen LogP) is 4.22.